The Labute approximate surface area is 89.8 Å². The number of ether oxygens (including phenoxy) is 1. The Balaban J connectivity index is 1.94. The summed E-state index contributed by atoms with van der Waals surface area (Å²) in [4.78, 5) is 11.7. The molecule has 0 spiro atoms. The average molecular weight is 214 g/mol. The third-order valence-electron chi connectivity index (χ3n) is 3.41. The minimum atomic E-state index is -0.149. The van der Waals surface area contributed by atoms with Crippen LogP contribution in [0.1, 0.15) is 44.9 Å². The van der Waals surface area contributed by atoms with E-state index in [-0.39, 0.29) is 10.7 Å². The van der Waals surface area contributed by atoms with Crippen LogP contribution >= 0.6 is 11.8 Å². The summed E-state index contributed by atoms with van der Waals surface area (Å²) in [5.41, 5.74) is 0. The monoisotopic (exact) mass is 214 g/mol. The highest BCUT2D eigenvalue weighted by molar-refractivity contribution is 8.02. The lowest BCUT2D eigenvalue weighted by Gasteiger charge is -2.39. The first-order chi connectivity index (χ1) is 6.77. The molecule has 0 amide bonds. The molecular formula is C11H18O2S. The smallest absolute Gasteiger partial charge is 0.321 e. The van der Waals surface area contributed by atoms with Crippen molar-refractivity contribution in [1.29, 1.82) is 0 Å². The van der Waals surface area contributed by atoms with Crippen molar-refractivity contribution in [1.82, 2.24) is 0 Å². The van der Waals surface area contributed by atoms with Gasteiger partial charge in [0.25, 0.3) is 0 Å². The van der Waals surface area contributed by atoms with E-state index in [0.717, 1.165) is 18.1 Å². The molecule has 0 atom stereocenters. The van der Waals surface area contributed by atoms with Gasteiger partial charge >= 0.3 is 5.97 Å². The molecule has 0 N–H and O–H groups in total. The summed E-state index contributed by atoms with van der Waals surface area (Å²) >= 11 is 1.90. The minimum Gasteiger partial charge on any atom is -0.468 e. The second-order valence-corrected chi connectivity index (χ2v) is 6.05. The van der Waals surface area contributed by atoms with Crippen LogP contribution in [0.25, 0.3) is 0 Å². The van der Waals surface area contributed by atoms with Gasteiger partial charge in [0.15, 0.2) is 0 Å². The third kappa shape index (κ3) is 1.79. The molecule has 2 aliphatic rings. The summed E-state index contributed by atoms with van der Waals surface area (Å²) in [6.45, 7) is 0. The van der Waals surface area contributed by atoms with E-state index in [1.807, 2.05) is 11.8 Å². The minimum absolute atomic E-state index is 0.0145. The Bertz CT molecular complexity index is 217. The molecule has 80 valence electrons. The second-order valence-electron chi connectivity index (χ2n) is 4.36. The van der Waals surface area contributed by atoms with Crippen molar-refractivity contribution in [2.45, 2.75) is 54.9 Å². The van der Waals surface area contributed by atoms with Gasteiger partial charge in [-0.2, -0.15) is 0 Å². The molecule has 2 nitrogen and oxygen atoms in total. The second kappa shape index (κ2) is 4.13. The van der Waals surface area contributed by atoms with Crippen molar-refractivity contribution in [3.05, 3.63) is 0 Å². The molecule has 0 saturated heterocycles. The van der Waals surface area contributed by atoms with E-state index in [0.29, 0.717) is 0 Å². The molecule has 0 bridgehead atoms. The molecule has 0 radical (unpaired) electrons. The Morgan fingerprint density at radius 1 is 1.29 bits per heavy atom. The van der Waals surface area contributed by atoms with Gasteiger partial charge in [-0.3, -0.25) is 4.79 Å². The molecule has 0 heterocycles. The Kier molecular flexibility index (Phi) is 3.05. The van der Waals surface area contributed by atoms with Gasteiger partial charge in [0.1, 0.15) is 4.75 Å². The van der Waals surface area contributed by atoms with E-state index in [9.17, 15) is 4.79 Å². The zero-order valence-corrected chi connectivity index (χ0v) is 9.57. The van der Waals surface area contributed by atoms with Gasteiger partial charge in [-0.25, -0.2) is 0 Å². The first-order valence-electron chi connectivity index (χ1n) is 5.53. The predicted molar refractivity (Wildman–Crippen MR) is 58.4 cm³/mol. The van der Waals surface area contributed by atoms with Crippen molar-refractivity contribution in [2.75, 3.05) is 7.11 Å². The molecule has 2 fully saturated rings. The fourth-order valence-electron chi connectivity index (χ4n) is 2.38. The van der Waals surface area contributed by atoms with Crippen molar-refractivity contribution >= 4 is 17.7 Å². The van der Waals surface area contributed by atoms with Gasteiger partial charge in [0, 0.05) is 5.25 Å². The van der Waals surface area contributed by atoms with Crippen LogP contribution in [0.15, 0.2) is 0 Å². The van der Waals surface area contributed by atoms with Crippen LogP contribution in [0, 0.1) is 0 Å². The van der Waals surface area contributed by atoms with Crippen LogP contribution in [0.5, 0.6) is 0 Å². The van der Waals surface area contributed by atoms with Crippen molar-refractivity contribution < 1.29 is 9.53 Å². The zero-order chi connectivity index (χ0) is 10.0. The number of carbonyl (C=O) groups excluding carboxylic acids is 1. The highest BCUT2D eigenvalue weighted by atomic mass is 32.2. The number of carbonyl (C=O) groups is 1. The SMILES string of the molecule is COC(=O)C1(SC2CCCC2)CCC1. The standard InChI is InChI=1S/C11H18O2S/c1-13-10(12)11(7-4-8-11)14-9-5-2-3-6-9/h9H,2-8H2,1H3. The fourth-order valence-corrected chi connectivity index (χ4v) is 4.29. The molecule has 2 aliphatic carbocycles. The molecule has 0 aromatic heterocycles. The quantitative estimate of drug-likeness (QED) is 0.676. The van der Waals surface area contributed by atoms with Crippen LogP contribution in [0.2, 0.25) is 0 Å². The van der Waals surface area contributed by atoms with Crippen molar-refractivity contribution in [3.63, 3.8) is 0 Å². The van der Waals surface area contributed by atoms with Gasteiger partial charge < -0.3 is 4.74 Å². The highest BCUT2D eigenvalue weighted by Crippen LogP contribution is 2.49. The van der Waals surface area contributed by atoms with Crippen LogP contribution < -0.4 is 0 Å². The first kappa shape index (κ1) is 10.3. The molecule has 0 aliphatic heterocycles. The van der Waals surface area contributed by atoms with Crippen molar-refractivity contribution in [3.8, 4) is 0 Å². The Morgan fingerprint density at radius 3 is 2.36 bits per heavy atom. The number of hydrogen-bond acceptors (Lipinski definition) is 3. The molecule has 0 unspecified atom stereocenters. The maximum atomic E-state index is 11.7. The van der Waals surface area contributed by atoms with Crippen LogP contribution in [-0.2, 0) is 9.53 Å². The van der Waals surface area contributed by atoms with Crippen LogP contribution in [0.3, 0.4) is 0 Å². The molecule has 0 aromatic carbocycles. The van der Waals surface area contributed by atoms with Gasteiger partial charge in [0.2, 0.25) is 0 Å². The summed E-state index contributed by atoms with van der Waals surface area (Å²) in [6, 6.07) is 0. The first-order valence-corrected chi connectivity index (χ1v) is 6.41. The van der Waals surface area contributed by atoms with Crippen molar-refractivity contribution in [2.24, 2.45) is 0 Å². The van der Waals surface area contributed by atoms with Crippen LogP contribution in [-0.4, -0.2) is 23.1 Å². The van der Waals surface area contributed by atoms with E-state index in [2.05, 4.69) is 0 Å². The Hall–Kier alpha value is -0.180. The van der Waals surface area contributed by atoms with Gasteiger partial charge in [-0.15, -0.1) is 11.8 Å². The number of esters is 1. The Morgan fingerprint density at radius 2 is 1.93 bits per heavy atom. The van der Waals surface area contributed by atoms with E-state index in [4.69, 9.17) is 4.74 Å². The lowest BCUT2D eigenvalue weighted by molar-refractivity contribution is -0.145. The maximum absolute atomic E-state index is 11.7. The summed E-state index contributed by atoms with van der Waals surface area (Å²) < 4.78 is 4.76. The van der Waals surface area contributed by atoms with Crippen LogP contribution in [0.4, 0.5) is 0 Å². The summed E-state index contributed by atoms with van der Waals surface area (Å²) in [5, 5.41) is 0.717. The molecule has 3 heteroatoms. The number of methoxy groups -OCH3 is 1. The van der Waals surface area contributed by atoms with E-state index in [1.54, 1.807) is 0 Å². The average Bonchev–Trinajstić information content (AvgIpc) is 2.62. The van der Waals surface area contributed by atoms with Gasteiger partial charge in [0.05, 0.1) is 7.11 Å². The van der Waals surface area contributed by atoms with Gasteiger partial charge in [-0.1, -0.05) is 12.8 Å². The highest BCUT2D eigenvalue weighted by Gasteiger charge is 2.47. The normalized spacial score (nSPS) is 25.8. The predicted octanol–water partition coefficient (Wildman–Crippen LogP) is 2.76. The molecule has 14 heavy (non-hydrogen) atoms. The summed E-state index contributed by atoms with van der Waals surface area (Å²) in [6.07, 6.45) is 8.52. The third-order valence-corrected chi connectivity index (χ3v) is 5.24. The molecule has 2 saturated carbocycles. The number of hydrogen-bond donors (Lipinski definition) is 0. The van der Waals surface area contributed by atoms with E-state index < -0.39 is 0 Å². The van der Waals surface area contributed by atoms with E-state index >= 15 is 0 Å². The van der Waals surface area contributed by atoms with Gasteiger partial charge in [-0.05, 0) is 32.1 Å². The number of rotatable bonds is 3. The molecular weight excluding hydrogens is 196 g/mol. The summed E-state index contributed by atoms with van der Waals surface area (Å²) in [5.74, 6) is 0.0145. The maximum Gasteiger partial charge on any atom is 0.321 e. The lowest BCUT2D eigenvalue weighted by Crippen LogP contribution is -2.44. The lowest BCUT2D eigenvalue weighted by atomic mass is 9.84. The fraction of sp³-hybridized carbons (Fsp3) is 0.909. The zero-order valence-electron chi connectivity index (χ0n) is 8.75. The topological polar surface area (TPSA) is 26.3 Å². The van der Waals surface area contributed by atoms with E-state index in [1.165, 1.54) is 39.2 Å². The summed E-state index contributed by atoms with van der Waals surface area (Å²) in [7, 11) is 1.51. The largest absolute Gasteiger partial charge is 0.468 e. The molecule has 0 aromatic rings. The molecule has 2 rings (SSSR count). The number of thioether (sulfide) groups is 1.